The molecule has 0 amide bonds. The van der Waals surface area contributed by atoms with Crippen molar-refractivity contribution in [1.82, 2.24) is 0 Å². The first kappa shape index (κ1) is 15.2. The fourth-order valence-electron chi connectivity index (χ4n) is 1.53. The zero-order valence-electron chi connectivity index (χ0n) is 11.5. The van der Waals surface area contributed by atoms with Crippen LogP contribution in [0.15, 0.2) is 24.3 Å². The quantitative estimate of drug-likeness (QED) is 0.561. The van der Waals surface area contributed by atoms with Crippen molar-refractivity contribution in [1.29, 1.82) is 0 Å². The van der Waals surface area contributed by atoms with Crippen LogP contribution in [0.3, 0.4) is 0 Å². The molecule has 0 bridgehead atoms. The maximum absolute atomic E-state index is 11.6. The van der Waals surface area contributed by atoms with Gasteiger partial charge in [-0.1, -0.05) is 17.7 Å². The Kier molecular flexibility index (Phi) is 6.64. The molecule has 0 aliphatic carbocycles. The van der Waals surface area contributed by atoms with E-state index in [1.54, 1.807) is 12.1 Å². The Hall–Kier alpha value is -1.84. The fourth-order valence-corrected chi connectivity index (χ4v) is 1.53. The predicted octanol–water partition coefficient (Wildman–Crippen LogP) is 2.89. The monoisotopic (exact) mass is 264 g/mol. The van der Waals surface area contributed by atoms with Crippen LogP contribution < -0.4 is 0 Å². The topological polar surface area (TPSA) is 52.6 Å². The van der Waals surface area contributed by atoms with Crippen molar-refractivity contribution in [3.63, 3.8) is 0 Å². The lowest BCUT2D eigenvalue weighted by molar-refractivity contribution is -0.141. The standard InChI is InChI=1S/C15H20O4/c1-12-6-8-14(9-7-12)15(17)19-11-5-3-4-10-18-13(2)16/h6-9H,3-5,10-11H2,1-2H3. The minimum atomic E-state index is -0.292. The molecule has 0 radical (unpaired) electrons. The molecule has 0 heterocycles. The van der Waals surface area contributed by atoms with Crippen molar-refractivity contribution >= 4 is 11.9 Å². The van der Waals surface area contributed by atoms with Gasteiger partial charge in [0.1, 0.15) is 0 Å². The molecule has 0 aliphatic heterocycles. The van der Waals surface area contributed by atoms with E-state index < -0.39 is 0 Å². The normalized spacial score (nSPS) is 10.0. The van der Waals surface area contributed by atoms with Crippen LogP contribution in [-0.4, -0.2) is 25.2 Å². The molecule has 0 aliphatic rings. The molecular weight excluding hydrogens is 244 g/mol. The van der Waals surface area contributed by atoms with Gasteiger partial charge in [-0.25, -0.2) is 4.79 Å². The van der Waals surface area contributed by atoms with Gasteiger partial charge in [0, 0.05) is 6.92 Å². The lowest BCUT2D eigenvalue weighted by atomic mass is 10.1. The zero-order chi connectivity index (χ0) is 14.1. The van der Waals surface area contributed by atoms with Gasteiger partial charge in [0.25, 0.3) is 0 Å². The van der Waals surface area contributed by atoms with Gasteiger partial charge in [0.2, 0.25) is 0 Å². The second-order valence-electron chi connectivity index (χ2n) is 4.40. The highest BCUT2D eigenvalue weighted by atomic mass is 16.5. The third kappa shape index (κ3) is 6.60. The molecule has 0 spiro atoms. The van der Waals surface area contributed by atoms with Crippen LogP contribution in [0.4, 0.5) is 0 Å². The number of benzene rings is 1. The summed E-state index contributed by atoms with van der Waals surface area (Å²) < 4.78 is 9.95. The van der Waals surface area contributed by atoms with E-state index in [0.29, 0.717) is 18.8 Å². The zero-order valence-corrected chi connectivity index (χ0v) is 11.5. The number of unbranched alkanes of at least 4 members (excludes halogenated alkanes) is 2. The van der Waals surface area contributed by atoms with Crippen LogP contribution in [0, 0.1) is 6.92 Å². The number of aryl methyl sites for hydroxylation is 1. The minimum absolute atomic E-state index is 0.259. The van der Waals surface area contributed by atoms with Gasteiger partial charge in [0.05, 0.1) is 18.8 Å². The number of rotatable bonds is 7. The highest BCUT2D eigenvalue weighted by Crippen LogP contribution is 2.06. The second kappa shape index (κ2) is 8.29. The smallest absolute Gasteiger partial charge is 0.338 e. The van der Waals surface area contributed by atoms with Crippen LogP contribution in [0.1, 0.15) is 42.1 Å². The number of carbonyl (C=O) groups is 2. The molecule has 1 aromatic carbocycles. The summed E-state index contributed by atoms with van der Waals surface area (Å²) in [4.78, 5) is 22.2. The number of carbonyl (C=O) groups excluding carboxylic acids is 2. The first-order valence-corrected chi connectivity index (χ1v) is 6.47. The maximum atomic E-state index is 11.6. The summed E-state index contributed by atoms with van der Waals surface area (Å²) in [6, 6.07) is 7.29. The highest BCUT2D eigenvalue weighted by Gasteiger charge is 2.05. The van der Waals surface area contributed by atoms with Crippen LogP contribution in [0.2, 0.25) is 0 Å². The van der Waals surface area contributed by atoms with E-state index in [1.807, 2.05) is 19.1 Å². The molecule has 1 aromatic rings. The SMILES string of the molecule is CC(=O)OCCCCCOC(=O)c1ccc(C)cc1. The van der Waals surface area contributed by atoms with E-state index >= 15 is 0 Å². The van der Waals surface area contributed by atoms with Crippen molar-refractivity contribution < 1.29 is 19.1 Å². The molecule has 0 saturated heterocycles. The Bertz CT molecular complexity index is 409. The molecule has 4 nitrogen and oxygen atoms in total. The molecule has 104 valence electrons. The summed E-state index contributed by atoms with van der Waals surface area (Å²) in [6.45, 7) is 4.19. The molecule has 0 aromatic heterocycles. The van der Waals surface area contributed by atoms with E-state index in [0.717, 1.165) is 24.8 Å². The van der Waals surface area contributed by atoms with Crippen molar-refractivity contribution in [3.8, 4) is 0 Å². The molecule has 19 heavy (non-hydrogen) atoms. The van der Waals surface area contributed by atoms with E-state index in [1.165, 1.54) is 6.92 Å². The van der Waals surface area contributed by atoms with Gasteiger partial charge < -0.3 is 9.47 Å². The molecule has 0 fully saturated rings. The Morgan fingerprint density at radius 1 is 0.947 bits per heavy atom. The van der Waals surface area contributed by atoms with E-state index in [9.17, 15) is 9.59 Å². The summed E-state index contributed by atoms with van der Waals surface area (Å²) in [5.74, 6) is -0.550. The lowest BCUT2D eigenvalue weighted by Gasteiger charge is -2.05. The minimum Gasteiger partial charge on any atom is -0.466 e. The van der Waals surface area contributed by atoms with Crippen molar-refractivity contribution in [2.45, 2.75) is 33.1 Å². The molecule has 0 N–H and O–H groups in total. The first-order valence-electron chi connectivity index (χ1n) is 6.47. The number of ether oxygens (including phenoxy) is 2. The Morgan fingerprint density at radius 3 is 2.11 bits per heavy atom. The largest absolute Gasteiger partial charge is 0.466 e. The third-order valence-corrected chi connectivity index (χ3v) is 2.61. The van der Waals surface area contributed by atoms with Crippen LogP contribution in [0.5, 0.6) is 0 Å². The van der Waals surface area contributed by atoms with Crippen LogP contribution >= 0.6 is 0 Å². The van der Waals surface area contributed by atoms with Crippen LogP contribution in [0.25, 0.3) is 0 Å². The summed E-state index contributed by atoms with van der Waals surface area (Å²) in [5, 5.41) is 0. The predicted molar refractivity (Wildman–Crippen MR) is 71.9 cm³/mol. The van der Waals surface area contributed by atoms with E-state index in [4.69, 9.17) is 9.47 Å². The summed E-state index contributed by atoms with van der Waals surface area (Å²) >= 11 is 0. The van der Waals surface area contributed by atoms with Gasteiger partial charge in [0.15, 0.2) is 0 Å². The number of esters is 2. The van der Waals surface area contributed by atoms with Gasteiger partial charge in [-0.3, -0.25) is 4.79 Å². The summed E-state index contributed by atoms with van der Waals surface area (Å²) in [7, 11) is 0. The van der Waals surface area contributed by atoms with Crippen molar-refractivity contribution in [2.24, 2.45) is 0 Å². The lowest BCUT2D eigenvalue weighted by Crippen LogP contribution is -2.07. The van der Waals surface area contributed by atoms with Gasteiger partial charge in [-0.15, -0.1) is 0 Å². The second-order valence-corrected chi connectivity index (χ2v) is 4.40. The van der Waals surface area contributed by atoms with Gasteiger partial charge >= 0.3 is 11.9 Å². The van der Waals surface area contributed by atoms with E-state index in [-0.39, 0.29) is 11.9 Å². The first-order chi connectivity index (χ1) is 9.09. The Morgan fingerprint density at radius 2 is 1.53 bits per heavy atom. The highest BCUT2D eigenvalue weighted by molar-refractivity contribution is 5.89. The van der Waals surface area contributed by atoms with E-state index in [2.05, 4.69) is 0 Å². The van der Waals surface area contributed by atoms with Gasteiger partial charge in [-0.2, -0.15) is 0 Å². The molecular formula is C15H20O4. The molecule has 0 unspecified atom stereocenters. The van der Waals surface area contributed by atoms with Gasteiger partial charge in [-0.05, 0) is 38.3 Å². The van der Waals surface area contributed by atoms with Crippen LogP contribution in [-0.2, 0) is 14.3 Å². The van der Waals surface area contributed by atoms with Crippen molar-refractivity contribution in [2.75, 3.05) is 13.2 Å². The number of hydrogen-bond donors (Lipinski definition) is 0. The fraction of sp³-hybridized carbons (Fsp3) is 0.467. The average molecular weight is 264 g/mol. The molecule has 1 rings (SSSR count). The maximum Gasteiger partial charge on any atom is 0.338 e. The van der Waals surface area contributed by atoms with Crippen molar-refractivity contribution in [3.05, 3.63) is 35.4 Å². The average Bonchev–Trinajstić information content (AvgIpc) is 2.38. The summed E-state index contributed by atoms with van der Waals surface area (Å²) in [6.07, 6.45) is 2.44. The summed E-state index contributed by atoms with van der Waals surface area (Å²) in [5.41, 5.74) is 1.69. The molecule has 4 heteroatoms. The third-order valence-electron chi connectivity index (χ3n) is 2.61. The Labute approximate surface area is 113 Å². The Balaban J connectivity index is 2.11. The molecule has 0 saturated carbocycles. The molecule has 0 atom stereocenters. The number of hydrogen-bond acceptors (Lipinski definition) is 4.